The summed E-state index contributed by atoms with van der Waals surface area (Å²) in [6.45, 7) is 2.73. The molecule has 0 atom stereocenters. The summed E-state index contributed by atoms with van der Waals surface area (Å²) in [4.78, 5) is 0. The van der Waals surface area contributed by atoms with Gasteiger partial charge in [-0.15, -0.1) is 0 Å². The van der Waals surface area contributed by atoms with Crippen molar-refractivity contribution in [3.05, 3.63) is 46.2 Å². The molecule has 78 valence electrons. The van der Waals surface area contributed by atoms with Crippen molar-refractivity contribution in [1.82, 2.24) is 9.78 Å². The molecule has 0 saturated carbocycles. The van der Waals surface area contributed by atoms with E-state index in [4.69, 9.17) is 5.73 Å². The van der Waals surface area contributed by atoms with Crippen LogP contribution in [0.1, 0.15) is 11.3 Å². The molecule has 1 aromatic carbocycles. The van der Waals surface area contributed by atoms with E-state index in [1.54, 1.807) is 6.20 Å². The monoisotopic (exact) mass is 265 g/mol. The summed E-state index contributed by atoms with van der Waals surface area (Å²) in [6, 6.07) is 7.80. The number of hydrogen-bond acceptors (Lipinski definition) is 2. The Labute approximate surface area is 97.0 Å². The van der Waals surface area contributed by atoms with E-state index >= 15 is 0 Å². The number of rotatable bonds is 2. The number of benzene rings is 1. The molecule has 2 N–H and O–H groups in total. The van der Waals surface area contributed by atoms with Gasteiger partial charge < -0.3 is 5.73 Å². The number of nitrogen functional groups attached to an aromatic ring is 1. The van der Waals surface area contributed by atoms with Crippen molar-refractivity contribution in [3.8, 4) is 0 Å². The summed E-state index contributed by atoms with van der Waals surface area (Å²) < 4.78 is 2.95. The first-order valence-corrected chi connectivity index (χ1v) is 5.49. The molecule has 2 aromatic rings. The SMILES string of the molecule is Cc1ccnn1Cc1c(N)cccc1Br. The van der Waals surface area contributed by atoms with Crippen LogP contribution in [0, 0.1) is 6.92 Å². The third-order valence-electron chi connectivity index (χ3n) is 2.39. The topological polar surface area (TPSA) is 43.8 Å². The van der Waals surface area contributed by atoms with E-state index in [0.29, 0.717) is 6.54 Å². The van der Waals surface area contributed by atoms with Gasteiger partial charge in [0.25, 0.3) is 0 Å². The van der Waals surface area contributed by atoms with E-state index in [-0.39, 0.29) is 0 Å². The molecule has 0 aliphatic carbocycles. The second-order valence-electron chi connectivity index (χ2n) is 3.44. The molecule has 4 heteroatoms. The number of nitrogens with zero attached hydrogens (tertiary/aromatic N) is 2. The van der Waals surface area contributed by atoms with Crippen LogP contribution in [0.3, 0.4) is 0 Å². The van der Waals surface area contributed by atoms with E-state index in [9.17, 15) is 0 Å². The fourth-order valence-corrected chi connectivity index (χ4v) is 1.96. The van der Waals surface area contributed by atoms with E-state index in [1.807, 2.05) is 35.9 Å². The van der Waals surface area contributed by atoms with Crippen LogP contribution in [-0.2, 0) is 6.54 Å². The van der Waals surface area contributed by atoms with Gasteiger partial charge in [0.15, 0.2) is 0 Å². The highest BCUT2D eigenvalue weighted by atomic mass is 79.9. The molecule has 0 spiro atoms. The molecule has 1 heterocycles. The number of halogens is 1. The third-order valence-corrected chi connectivity index (χ3v) is 3.13. The van der Waals surface area contributed by atoms with Gasteiger partial charge >= 0.3 is 0 Å². The summed E-state index contributed by atoms with van der Waals surface area (Å²) in [5.74, 6) is 0. The third kappa shape index (κ3) is 2.04. The normalized spacial score (nSPS) is 10.5. The zero-order valence-corrected chi connectivity index (χ0v) is 10.0. The zero-order valence-electron chi connectivity index (χ0n) is 8.44. The first-order valence-electron chi connectivity index (χ1n) is 4.70. The lowest BCUT2D eigenvalue weighted by Gasteiger charge is -2.09. The fraction of sp³-hybridized carbons (Fsp3) is 0.182. The molecule has 0 unspecified atom stereocenters. The quantitative estimate of drug-likeness (QED) is 0.849. The number of hydrogen-bond donors (Lipinski definition) is 1. The van der Waals surface area contributed by atoms with Crippen molar-refractivity contribution in [2.45, 2.75) is 13.5 Å². The van der Waals surface area contributed by atoms with Crippen LogP contribution in [0.4, 0.5) is 5.69 Å². The Morgan fingerprint density at radius 2 is 2.20 bits per heavy atom. The summed E-state index contributed by atoms with van der Waals surface area (Å²) in [6.07, 6.45) is 1.79. The molecule has 0 radical (unpaired) electrons. The van der Waals surface area contributed by atoms with Gasteiger partial charge in [-0.1, -0.05) is 22.0 Å². The Kier molecular flexibility index (Phi) is 2.77. The van der Waals surface area contributed by atoms with Crippen LogP contribution in [0.15, 0.2) is 34.9 Å². The average Bonchev–Trinajstić information content (AvgIpc) is 2.58. The lowest BCUT2D eigenvalue weighted by atomic mass is 10.2. The van der Waals surface area contributed by atoms with Crippen molar-refractivity contribution in [2.24, 2.45) is 0 Å². The van der Waals surface area contributed by atoms with Crippen LogP contribution in [0.2, 0.25) is 0 Å². The fourth-order valence-electron chi connectivity index (χ4n) is 1.46. The smallest absolute Gasteiger partial charge is 0.0693 e. The molecule has 0 aliphatic heterocycles. The highest BCUT2D eigenvalue weighted by Gasteiger charge is 2.06. The Balaban J connectivity index is 2.36. The summed E-state index contributed by atoms with van der Waals surface area (Å²) in [7, 11) is 0. The molecule has 1 aromatic heterocycles. The molecule has 2 rings (SSSR count). The van der Waals surface area contributed by atoms with Gasteiger partial charge in [0, 0.05) is 27.6 Å². The van der Waals surface area contributed by atoms with Crippen molar-refractivity contribution in [1.29, 1.82) is 0 Å². The van der Waals surface area contributed by atoms with Gasteiger partial charge in [0.2, 0.25) is 0 Å². The predicted molar refractivity (Wildman–Crippen MR) is 64.6 cm³/mol. The maximum Gasteiger partial charge on any atom is 0.0693 e. The van der Waals surface area contributed by atoms with Crippen molar-refractivity contribution in [2.75, 3.05) is 5.73 Å². The Morgan fingerprint density at radius 3 is 2.80 bits per heavy atom. The molecule has 0 bridgehead atoms. The molecule has 0 fully saturated rings. The van der Waals surface area contributed by atoms with E-state index in [0.717, 1.165) is 21.4 Å². The first-order chi connectivity index (χ1) is 7.18. The van der Waals surface area contributed by atoms with Crippen molar-refractivity contribution in [3.63, 3.8) is 0 Å². The lowest BCUT2D eigenvalue weighted by molar-refractivity contribution is 0.664. The van der Waals surface area contributed by atoms with E-state index in [1.165, 1.54) is 0 Å². The van der Waals surface area contributed by atoms with Crippen molar-refractivity contribution >= 4 is 21.6 Å². The minimum absolute atomic E-state index is 0.700. The second-order valence-corrected chi connectivity index (χ2v) is 4.29. The number of aryl methyl sites for hydroxylation is 1. The van der Waals surface area contributed by atoms with Gasteiger partial charge in [0.1, 0.15) is 0 Å². The van der Waals surface area contributed by atoms with Crippen LogP contribution < -0.4 is 5.73 Å². The maximum absolute atomic E-state index is 5.92. The average molecular weight is 266 g/mol. The Hall–Kier alpha value is -1.29. The summed E-state index contributed by atoms with van der Waals surface area (Å²) in [5.41, 5.74) is 8.91. The Bertz CT molecular complexity index is 456. The highest BCUT2D eigenvalue weighted by Crippen LogP contribution is 2.23. The Morgan fingerprint density at radius 1 is 1.40 bits per heavy atom. The van der Waals surface area contributed by atoms with Crippen LogP contribution in [-0.4, -0.2) is 9.78 Å². The number of nitrogens with two attached hydrogens (primary N) is 1. The molecule has 0 aliphatic rings. The predicted octanol–water partition coefficient (Wildman–Crippen LogP) is 2.58. The van der Waals surface area contributed by atoms with Crippen LogP contribution in [0.5, 0.6) is 0 Å². The lowest BCUT2D eigenvalue weighted by Crippen LogP contribution is -2.06. The summed E-state index contributed by atoms with van der Waals surface area (Å²) in [5, 5.41) is 4.23. The van der Waals surface area contributed by atoms with Crippen LogP contribution >= 0.6 is 15.9 Å². The van der Waals surface area contributed by atoms with E-state index < -0.39 is 0 Å². The minimum atomic E-state index is 0.700. The standard InChI is InChI=1S/C11H12BrN3/c1-8-5-6-14-15(8)7-9-10(12)3-2-4-11(9)13/h2-6H,7,13H2,1H3. The largest absolute Gasteiger partial charge is 0.398 e. The number of anilines is 1. The molecule has 15 heavy (non-hydrogen) atoms. The van der Waals surface area contributed by atoms with Crippen molar-refractivity contribution < 1.29 is 0 Å². The van der Waals surface area contributed by atoms with Gasteiger partial charge in [-0.25, -0.2) is 0 Å². The molecular formula is C11H12BrN3. The summed E-state index contributed by atoms with van der Waals surface area (Å²) >= 11 is 3.50. The molecule has 3 nitrogen and oxygen atoms in total. The second kappa shape index (κ2) is 4.06. The van der Waals surface area contributed by atoms with Crippen LogP contribution in [0.25, 0.3) is 0 Å². The minimum Gasteiger partial charge on any atom is -0.398 e. The van der Waals surface area contributed by atoms with Gasteiger partial charge in [-0.3, -0.25) is 4.68 Å². The van der Waals surface area contributed by atoms with E-state index in [2.05, 4.69) is 21.0 Å². The molecule has 0 saturated heterocycles. The van der Waals surface area contributed by atoms with Gasteiger partial charge in [-0.2, -0.15) is 5.10 Å². The first kappa shape index (κ1) is 10.2. The zero-order chi connectivity index (χ0) is 10.8. The molecular weight excluding hydrogens is 254 g/mol. The van der Waals surface area contributed by atoms with Gasteiger partial charge in [0.05, 0.1) is 6.54 Å². The van der Waals surface area contributed by atoms with Gasteiger partial charge in [-0.05, 0) is 25.1 Å². The highest BCUT2D eigenvalue weighted by molar-refractivity contribution is 9.10. The maximum atomic E-state index is 5.92. The molecule has 0 amide bonds. The number of aromatic nitrogens is 2.